The number of ether oxygens (including phenoxy) is 2. The summed E-state index contributed by atoms with van der Waals surface area (Å²) in [6.07, 6.45) is -5.59. The van der Waals surface area contributed by atoms with Gasteiger partial charge in [0, 0.05) is 17.6 Å². The summed E-state index contributed by atoms with van der Waals surface area (Å²) in [6, 6.07) is 10.3. The molecule has 2 aromatic carbocycles. The van der Waals surface area contributed by atoms with Crippen molar-refractivity contribution in [2.24, 2.45) is 11.8 Å². The summed E-state index contributed by atoms with van der Waals surface area (Å²) in [5.41, 5.74) is -4.48. The zero-order valence-corrected chi connectivity index (χ0v) is 26.1. The van der Waals surface area contributed by atoms with Gasteiger partial charge < -0.3 is 24.2 Å². The van der Waals surface area contributed by atoms with Crippen LogP contribution in [0.25, 0.3) is 10.8 Å². The summed E-state index contributed by atoms with van der Waals surface area (Å²) < 4.78 is 53.9. The van der Waals surface area contributed by atoms with E-state index < -0.39 is 73.9 Å². The fourth-order valence-corrected chi connectivity index (χ4v) is 6.28. The van der Waals surface area contributed by atoms with Crippen LogP contribution in [0, 0.1) is 11.8 Å². The molecule has 1 fully saturated rings. The van der Waals surface area contributed by atoms with Crippen LogP contribution in [-0.4, -0.2) is 62.8 Å². The van der Waals surface area contributed by atoms with Gasteiger partial charge in [-0.2, -0.15) is 5.09 Å². The monoisotopic (exact) mass is 635 g/mol. The van der Waals surface area contributed by atoms with Crippen molar-refractivity contribution in [1.82, 2.24) is 14.6 Å². The maximum atomic E-state index is 14.5. The summed E-state index contributed by atoms with van der Waals surface area (Å²) >= 11 is 0. The number of carbonyl (C=O) groups excluding carboxylic acids is 1. The Balaban J connectivity index is 1.67. The zero-order valence-electron chi connectivity index (χ0n) is 27.2. The smallest absolute Gasteiger partial charge is 0.459 e. The minimum Gasteiger partial charge on any atom is -0.464 e. The Morgan fingerprint density at radius 3 is 2.59 bits per heavy atom. The van der Waals surface area contributed by atoms with Crippen molar-refractivity contribution in [1.29, 1.82) is 0 Å². The van der Waals surface area contributed by atoms with Gasteiger partial charge in [0.05, 0.1) is 16.0 Å². The molecule has 14 heteroatoms. The highest BCUT2D eigenvalue weighted by molar-refractivity contribution is 7.52. The van der Waals surface area contributed by atoms with Crippen molar-refractivity contribution in [3.8, 4) is 5.75 Å². The maximum absolute atomic E-state index is 14.5. The Hall–Kier alpha value is -3.32. The first kappa shape index (κ1) is 30.7. The number of nitrogens with one attached hydrogen (secondary N) is 2. The number of aromatic nitrogens is 2. The molecule has 0 bridgehead atoms. The highest BCUT2D eigenvalue weighted by Crippen LogP contribution is 2.48. The zero-order chi connectivity index (χ0) is 34.0. The molecule has 4 rings (SSSR count). The molecule has 240 valence electrons. The number of carbonyl (C=O) groups is 1. The molecule has 44 heavy (non-hydrogen) atoms. The molecule has 0 saturated carbocycles. The highest BCUT2D eigenvalue weighted by atomic mass is 31.2. The predicted molar refractivity (Wildman–Crippen MR) is 162 cm³/mol. The van der Waals surface area contributed by atoms with Crippen molar-refractivity contribution < 1.29 is 40.8 Å². The molecule has 1 saturated heterocycles. The SMILES string of the molecule is [2H]c1c([2H])n([C@@H]2O[C@H](COP(=O)(NC(CC(C)C)C(=O)OCC(C)C)Oc3cccc4ccccc34)[C@@H](O)[C@@]2(C)O)c(=O)[nH]c1=O. The molecule has 0 spiro atoms. The van der Waals surface area contributed by atoms with E-state index in [1.54, 1.807) is 24.3 Å². The third-order valence-corrected chi connectivity index (χ3v) is 8.51. The molecule has 0 radical (unpaired) electrons. The van der Waals surface area contributed by atoms with Crippen molar-refractivity contribution in [2.75, 3.05) is 13.2 Å². The standard InChI is InChI=1S/C30H40N3O10P/c1-18(2)15-22(27(36)40-16-19(3)4)32-44(39,43-23-12-8-10-20-9-6-7-11-21(20)23)41-17-24-26(35)30(5,38)28(42-24)33-14-13-25(34)31-29(33)37/h6-14,18-19,22,24,26,28,35,38H,15-17H2,1-5H3,(H,32,39)(H,31,34,37)/t22?,24-,26-,28-,30-,44?/m1/s1/i13D,14D. The lowest BCUT2D eigenvalue weighted by Crippen LogP contribution is -2.47. The van der Waals surface area contributed by atoms with Gasteiger partial charge in [-0.25, -0.2) is 9.36 Å². The number of aliphatic hydroxyl groups excluding tert-OH is 1. The second-order valence-electron chi connectivity index (χ2n) is 11.8. The average Bonchev–Trinajstić information content (AvgIpc) is 3.21. The summed E-state index contributed by atoms with van der Waals surface area (Å²) in [6.45, 7) is 8.07. The van der Waals surface area contributed by atoms with Gasteiger partial charge in [-0.3, -0.25) is 23.7 Å². The van der Waals surface area contributed by atoms with Gasteiger partial charge in [0.25, 0.3) is 5.56 Å². The van der Waals surface area contributed by atoms with Crippen molar-refractivity contribution in [2.45, 2.75) is 71.1 Å². The van der Waals surface area contributed by atoms with Crippen LogP contribution in [-0.2, 0) is 23.4 Å². The fraction of sp³-hybridized carbons (Fsp3) is 0.500. The van der Waals surface area contributed by atoms with E-state index in [1.807, 2.05) is 50.9 Å². The van der Waals surface area contributed by atoms with Gasteiger partial charge in [0.2, 0.25) is 0 Å². The van der Waals surface area contributed by atoms with Gasteiger partial charge in [-0.15, -0.1) is 0 Å². The van der Waals surface area contributed by atoms with Gasteiger partial charge in [0.15, 0.2) is 6.23 Å². The number of aromatic amines is 1. The van der Waals surface area contributed by atoms with Crippen LogP contribution in [0.3, 0.4) is 0 Å². The number of H-pyrrole nitrogens is 1. The topological polar surface area (TPSA) is 178 Å². The van der Waals surface area contributed by atoms with Crippen LogP contribution < -0.4 is 20.9 Å². The predicted octanol–water partition coefficient (Wildman–Crippen LogP) is 3.11. The minimum absolute atomic E-state index is 0.0393. The first-order valence-electron chi connectivity index (χ1n) is 15.3. The molecular formula is C30H40N3O10P. The number of aliphatic hydroxyl groups is 2. The molecule has 13 nitrogen and oxygen atoms in total. The molecule has 1 aliphatic heterocycles. The normalized spacial score (nSPS) is 24.6. The first-order chi connectivity index (χ1) is 21.5. The highest BCUT2D eigenvalue weighted by Gasteiger charge is 2.54. The number of rotatable bonds is 13. The Morgan fingerprint density at radius 1 is 1.18 bits per heavy atom. The summed E-state index contributed by atoms with van der Waals surface area (Å²) in [7, 11) is -4.51. The van der Waals surface area contributed by atoms with Gasteiger partial charge in [-0.05, 0) is 36.6 Å². The molecule has 6 atom stereocenters. The minimum atomic E-state index is -4.51. The van der Waals surface area contributed by atoms with Crippen LogP contribution in [0.2, 0.25) is 0 Å². The largest absolute Gasteiger partial charge is 0.464 e. The Labute approximate surface area is 257 Å². The lowest BCUT2D eigenvalue weighted by Gasteiger charge is -2.28. The van der Waals surface area contributed by atoms with Crippen LogP contribution in [0.1, 0.15) is 50.0 Å². The van der Waals surface area contributed by atoms with E-state index >= 15 is 0 Å². The van der Waals surface area contributed by atoms with E-state index in [4.69, 9.17) is 21.3 Å². The number of hydrogen-bond acceptors (Lipinski definition) is 10. The summed E-state index contributed by atoms with van der Waals surface area (Å²) in [5.74, 6) is -0.486. The molecule has 3 aromatic rings. The van der Waals surface area contributed by atoms with Crippen LogP contribution in [0.5, 0.6) is 5.75 Å². The summed E-state index contributed by atoms with van der Waals surface area (Å²) in [4.78, 5) is 39.4. The average molecular weight is 636 g/mol. The Morgan fingerprint density at radius 2 is 1.89 bits per heavy atom. The molecule has 2 unspecified atom stereocenters. The summed E-state index contributed by atoms with van der Waals surface area (Å²) in [5, 5.41) is 26.3. The number of esters is 1. The van der Waals surface area contributed by atoms with E-state index in [2.05, 4.69) is 5.09 Å². The van der Waals surface area contributed by atoms with Crippen LogP contribution >= 0.6 is 7.75 Å². The maximum Gasteiger partial charge on any atom is 0.459 e. The van der Waals surface area contributed by atoms with E-state index in [-0.39, 0.29) is 30.6 Å². The van der Waals surface area contributed by atoms with E-state index in [1.165, 1.54) is 0 Å². The molecule has 1 aromatic heterocycles. The molecular weight excluding hydrogens is 593 g/mol. The number of benzene rings is 2. The molecule has 2 heterocycles. The molecule has 4 N–H and O–H groups in total. The number of fused-ring (bicyclic) bond motifs is 1. The van der Waals surface area contributed by atoms with Gasteiger partial charge in [0.1, 0.15) is 29.6 Å². The van der Waals surface area contributed by atoms with E-state index in [0.717, 1.165) is 12.3 Å². The number of hydrogen-bond donors (Lipinski definition) is 4. The second-order valence-corrected chi connectivity index (χ2v) is 13.5. The lowest BCUT2D eigenvalue weighted by molar-refractivity contribution is -0.147. The second kappa shape index (κ2) is 13.8. The lowest BCUT2D eigenvalue weighted by atomic mass is 9.96. The molecule has 1 aliphatic rings. The quantitative estimate of drug-likeness (QED) is 0.160. The molecule has 0 amide bonds. The third-order valence-electron chi connectivity index (χ3n) is 6.96. The third kappa shape index (κ3) is 7.84. The van der Waals surface area contributed by atoms with E-state index in [9.17, 15) is 29.2 Å². The Kier molecular flexibility index (Phi) is 9.60. The van der Waals surface area contributed by atoms with Crippen molar-refractivity contribution in [3.05, 3.63) is 75.5 Å². The van der Waals surface area contributed by atoms with Gasteiger partial charge >= 0.3 is 19.4 Å². The fourth-order valence-electron chi connectivity index (χ4n) is 4.75. The van der Waals surface area contributed by atoms with Crippen LogP contribution in [0.4, 0.5) is 0 Å². The van der Waals surface area contributed by atoms with Crippen molar-refractivity contribution >= 4 is 24.5 Å². The van der Waals surface area contributed by atoms with E-state index in [0.29, 0.717) is 9.95 Å². The van der Waals surface area contributed by atoms with Crippen molar-refractivity contribution in [3.63, 3.8) is 0 Å². The number of nitrogens with zero attached hydrogens (tertiary/aromatic N) is 1. The first-order valence-corrected chi connectivity index (χ1v) is 15.8. The Bertz CT molecular complexity index is 1720. The van der Waals surface area contributed by atoms with Gasteiger partial charge in [-0.1, -0.05) is 64.1 Å². The molecule has 0 aliphatic carbocycles. The van der Waals surface area contributed by atoms with Crippen LogP contribution in [0.15, 0.2) is 64.3 Å².